The van der Waals surface area contributed by atoms with E-state index in [0.29, 0.717) is 0 Å². The Hall–Kier alpha value is -1.76. The summed E-state index contributed by atoms with van der Waals surface area (Å²) in [5.74, 6) is 0.778. The van der Waals surface area contributed by atoms with Gasteiger partial charge in [0.25, 0.3) is 0 Å². The van der Waals surface area contributed by atoms with Gasteiger partial charge in [0, 0.05) is 5.69 Å². The minimum atomic E-state index is 0.778. The fourth-order valence-electron chi connectivity index (χ4n) is 2.30. The van der Waals surface area contributed by atoms with Gasteiger partial charge in [0.05, 0.1) is 0 Å². The van der Waals surface area contributed by atoms with Crippen molar-refractivity contribution in [2.75, 3.05) is 5.73 Å². The number of nitrogen functional groups attached to an aromatic ring is 1. The molecule has 0 aromatic heterocycles. The second-order valence-electron chi connectivity index (χ2n) is 5.99. The molecule has 0 amide bonds. The van der Waals surface area contributed by atoms with Crippen molar-refractivity contribution in [3.63, 3.8) is 0 Å². The molecule has 0 radical (unpaired) electrons. The molecule has 2 aromatic rings. The van der Waals surface area contributed by atoms with Gasteiger partial charge in [-0.25, -0.2) is 0 Å². The summed E-state index contributed by atoms with van der Waals surface area (Å²) in [6.45, 7) is 4.56. The average Bonchev–Trinajstić information content (AvgIpc) is 2.45. The Bertz CT molecular complexity index is 508. The zero-order chi connectivity index (χ0) is 14.4. The van der Waals surface area contributed by atoms with Crippen molar-refractivity contribution in [1.82, 2.24) is 0 Å². The van der Waals surface area contributed by atoms with Crippen molar-refractivity contribution in [2.24, 2.45) is 5.92 Å². The first-order valence-corrected chi connectivity index (χ1v) is 7.56. The number of nitrogens with two attached hydrogens (primary N) is 1. The largest absolute Gasteiger partial charge is 0.399 e. The highest BCUT2D eigenvalue weighted by molar-refractivity contribution is 5.39. The number of anilines is 1. The summed E-state index contributed by atoms with van der Waals surface area (Å²) in [5.41, 5.74) is 10.8. The van der Waals surface area contributed by atoms with Gasteiger partial charge in [0.2, 0.25) is 0 Å². The first-order valence-electron chi connectivity index (χ1n) is 7.56. The maximum absolute atomic E-state index is 5.70. The van der Waals surface area contributed by atoms with E-state index in [9.17, 15) is 0 Å². The van der Waals surface area contributed by atoms with Crippen LogP contribution in [0.2, 0.25) is 0 Å². The smallest absolute Gasteiger partial charge is 0.0314 e. The lowest BCUT2D eigenvalue weighted by molar-refractivity contribution is 0.586. The van der Waals surface area contributed by atoms with Crippen molar-refractivity contribution in [1.29, 1.82) is 0 Å². The summed E-state index contributed by atoms with van der Waals surface area (Å²) >= 11 is 0. The molecule has 0 aliphatic heterocycles. The Kier molecular flexibility index (Phi) is 5.23. The maximum Gasteiger partial charge on any atom is 0.0314 e. The van der Waals surface area contributed by atoms with E-state index < -0.39 is 0 Å². The lowest BCUT2D eigenvalue weighted by Gasteiger charge is -2.07. The third kappa shape index (κ3) is 4.73. The van der Waals surface area contributed by atoms with Crippen LogP contribution in [-0.4, -0.2) is 0 Å². The van der Waals surface area contributed by atoms with E-state index in [0.717, 1.165) is 24.4 Å². The molecule has 0 unspecified atom stereocenters. The molecule has 0 saturated carbocycles. The predicted octanol–water partition coefficient (Wildman–Crippen LogP) is 4.64. The van der Waals surface area contributed by atoms with Crippen molar-refractivity contribution in [2.45, 2.75) is 39.5 Å². The molecule has 0 heterocycles. The van der Waals surface area contributed by atoms with Crippen LogP contribution in [0, 0.1) is 5.92 Å². The summed E-state index contributed by atoms with van der Waals surface area (Å²) in [5, 5.41) is 0. The standard InChI is InChI=1S/C19H25N/c1-15(2)3-4-16-5-7-17(8-6-16)9-10-18-11-13-19(20)14-12-18/h5-8,11-15H,3-4,9-10,20H2,1-2H3. The van der Waals surface area contributed by atoms with Gasteiger partial charge in [-0.2, -0.15) is 0 Å². The van der Waals surface area contributed by atoms with E-state index in [1.54, 1.807) is 0 Å². The molecule has 1 heteroatoms. The van der Waals surface area contributed by atoms with Crippen molar-refractivity contribution >= 4 is 5.69 Å². The van der Waals surface area contributed by atoms with Crippen LogP contribution in [0.25, 0.3) is 0 Å². The van der Waals surface area contributed by atoms with Gasteiger partial charge in [-0.05, 0) is 60.4 Å². The molecular formula is C19H25N. The van der Waals surface area contributed by atoms with Crippen LogP contribution in [0.3, 0.4) is 0 Å². The van der Waals surface area contributed by atoms with E-state index >= 15 is 0 Å². The van der Waals surface area contributed by atoms with Crippen LogP contribution in [0.5, 0.6) is 0 Å². The molecule has 20 heavy (non-hydrogen) atoms. The number of rotatable bonds is 6. The van der Waals surface area contributed by atoms with Gasteiger partial charge in [0.1, 0.15) is 0 Å². The number of benzene rings is 2. The molecule has 0 aliphatic rings. The molecule has 0 spiro atoms. The van der Waals surface area contributed by atoms with Crippen LogP contribution < -0.4 is 5.73 Å². The lowest BCUT2D eigenvalue weighted by atomic mass is 9.99. The maximum atomic E-state index is 5.70. The van der Waals surface area contributed by atoms with Crippen LogP contribution in [-0.2, 0) is 19.3 Å². The van der Waals surface area contributed by atoms with Crippen LogP contribution in [0.15, 0.2) is 48.5 Å². The zero-order valence-corrected chi connectivity index (χ0v) is 12.6. The van der Waals surface area contributed by atoms with E-state index in [1.165, 1.54) is 29.5 Å². The quantitative estimate of drug-likeness (QED) is 0.758. The molecule has 0 atom stereocenters. The van der Waals surface area contributed by atoms with Crippen molar-refractivity contribution in [3.05, 3.63) is 65.2 Å². The fourth-order valence-corrected chi connectivity index (χ4v) is 2.30. The van der Waals surface area contributed by atoms with Crippen LogP contribution in [0.1, 0.15) is 37.0 Å². The highest BCUT2D eigenvalue weighted by atomic mass is 14.5. The second-order valence-corrected chi connectivity index (χ2v) is 5.99. The summed E-state index contributed by atoms with van der Waals surface area (Å²) in [6, 6.07) is 17.3. The minimum Gasteiger partial charge on any atom is -0.399 e. The lowest BCUT2D eigenvalue weighted by Crippen LogP contribution is -1.94. The van der Waals surface area contributed by atoms with Gasteiger partial charge < -0.3 is 5.73 Å². The Balaban J connectivity index is 1.85. The number of hydrogen-bond donors (Lipinski definition) is 1. The van der Waals surface area contributed by atoms with E-state index in [1.807, 2.05) is 12.1 Å². The van der Waals surface area contributed by atoms with Gasteiger partial charge in [0.15, 0.2) is 0 Å². The monoisotopic (exact) mass is 267 g/mol. The van der Waals surface area contributed by atoms with Gasteiger partial charge >= 0.3 is 0 Å². The van der Waals surface area contributed by atoms with Gasteiger partial charge in [-0.15, -0.1) is 0 Å². The third-order valence-electron chi connectivity index (χ3n) is 3.72. The predicted molar refractivity (Wildman–Crippen MR) is 87.9 cm³/mol. The molecular weight excluding hydrogens is 242 g/mol. The Morgan fingerprint density at radius 2 is 1.10 bits per heavy atom. The topological polar surface area (TPSA) is 26.0 Å². The van der Waals surface area contributed by atoms with E-state index in [4.69, 9.17) is 5.73 Å². The first-order chi connectivity index (χ1) is 9.63. The average molecular weight is 267 g/mol. The third-order valence-corrected chi connectivity index (χ3v) is 3.72. The van der Waals surface area contributed by atoms with Gasteiger partial charge in [-0.1, -0.05) is 50.2 Å². The molecule has 0 saturated heterocycles. The summed E-state index contributed by atoms with van der Waals surface area (Å²) in [7, 11) is 0. The Labute approximate surface area is 122 Å². The van der Waals surface area contributed by atoms with E-state index in [-0.39, 0.29) is 0 Å². The second kappa shape index (κ2) is 7.14. The molecule has 1 nitrogen and oxygen atoms in total. The number of hydrogen-bond acceptors (Lipinski definition) is 1. The molecule has 2 rings (SSSR count). The zero-order valence-electron chi connectivity index (χ0n) is 12.6. The molecule has 106 valence electrons. The minimum absolute atomic E-state index is 0.778. The summed E-state index contributed by atoms with van der Waals surface area (Å²) in [4.78, 5) is 0. The fraction of sp³-hybridized carbons (Fsp3) is 0.368. The highest BCUT2D eigenvalue weighted by Crippen LogP contribution is 2.13. The molecule has 0 aliphatic carbocycles. The van der Waals surface area contributed by atoms with Crippen LogP contribution in [0.4, 0.5) is 5.69 Å². The molecule has 2 N–H and O–H groups in total. The van der Waals surface area contributed by atoms with Crippen molar-refractivity contribution in [3.8, 4) is 0 Å². The molecule has 0 bridgehead atoms. The SMILES string of the molecule is CC(C)CCc1ccc(CCc2ccc(N)cc2)cc1. The van der Waals surface area contributed by atoms with E-state index in [2.05, 4.69) is 50.2 Å². The summed E-state index contributed by atoms with van der Waals surface area (Å²) in [6.07, 6.45) is 4.63. The summed E-state index contributed by atoms with van der Waals surface area (Å²) < 4.78 is 0. The van der Waals surface area contributed by atoms with Gasteiger partial charge in [-0.3, -0.25) is 0 Å². The first kappa shape index (κ1) is 14.6. The number of aryl methyl sites for hydroxylation is 3. The van der Waals surface area contributed by atoms with Crippen molar-refractivity contribution < 1.29 is 0 Å². The Morgan fingerprint density at radius 3 is 1.55 bits per heavy atom. The van der Waals surface area contributed by atoms with Crippen LogP contribution >= 0.6 is 0 Å². The Morgan fingerprint density at radius 1 is 0.700 bits per heavy atom. The molecule has 2 aromatic carbocycles. The molecule has 0 fully saturated rings. The normalized spacial score (nSPS) is 10.9. The highest BCUT2D eigenvalue weighted by Gasteiger charge is 1.99.